The Bertz CT molecular complexity index is 495. The van der Waals surface area contributed by atoms with Crippen LogP contribution in [0.3, 0.4) is 0 Å². The van der Waals surface area contributed by atoms with Crippen molar-refractivity contribution in [1.29, 1.82) is 0 Å². The Labute approximate surface area is 107 Å². The van der Waals surface area contributed by atoms with E-state index < -0.39 is 5.97 Å². The fourth-order valence-electron chi connectivity index (χ4n) is 1.23. The molecule has 0 heterocycles. The molecule has 0 amide bonds. The Kier molecular flexibility index (Phi) is 4.12. The molecule has 0 radical (unpaired) electrons. The van der Waals surface area contributed by atoms with Crippen molar-refractivity contribution in [3.63, 3.8) is 0 Å². The highest BCUT2D eigenvalue weighted by Crippen LogP contribution is 2.36. The van der Waals surface area contributed by atoms with E-state index in [2.05, 4.69) is 0 Å². The van der Waals surface area contributed by atoms with Crippen molar-refractivity contribution in [1.82, 2.24) is 0 Å². The van der Waals surface area contributed by atoms with Gasteiger partial charge in [-0.25, -0.2) is 4.79 Å². The van der Waals surface area contributed by atoms with Crippen LogP contribution in [0.4, 0.5) is 0 Å². The summed E-state index contributed by atoms with van der Waals surface area (Å²) in [5, 5.41) is 8.77. The van der Waals surface area contributed by atoms with Crippen LogP contribution >= 0.6 is 21.6 Å². The molecule has 2 aromatic carbocycles. The van der Waals surface area contributed by atoms with E-state index in [1.54, 1.807) is 33.7 Å². The van der Waals surface area contributed by atoms with E-state index in [0.717, 1.165) is 4.90 Å². The van der Waals surface area contributed by atoms with Gasteiger partial charge in [-0.15, -0.1) is 0 Å². The number of carboxylic acids is 1. The zero-order valence-corrected chi connectivity index (χ0v) is 10.5. The molecular weight excluding hydrogens is 252 g/mol. The Hall–Kier alpha value is -1.39. The second kappa shape index (κ2) is 5.80. The van der Waals surface area contributed by atoms with Crippen molar-refractivity contribution >= 4 is 27.6 Å². The number of hydrogen-bond donors (Lipinski definition) is 1. The molecule has 0 saturated carbocycles. The van der Waals surface area contributed by atoms with Gasteiger partial charge in [0, 0.05) is 9.79 Å². The molecule has 17 heavy (non-hydrogen) atoms. The largest absolute Gasteiger partial charge is 0.478 e. The van der Waals surface area contributed by atoms with Gasteiger partial charge in [0.25, 0.3) is 0 Å². The molecule has 0 fully saturated rings. The van der Waals surface area contributed by atoms with Gasteiger partial charge in [-0.3, -0.25) is 0 Å². The summed E-state index contributed by atoms with van der Waals surface area (Å²) in [7, 11) is 3.27. The predicted octanol–water partition coefficient (Wildman–Crippen LogP) is 4.18. The summed E-state index contributed by atoms with van der Waals surface area (Å²) in [6, 6.07) is 17.0. The third-order valence-electron chi connectivity index (χ3n) is 2.08. The lowest BCUT2D eigenvalue weighted by molar-refractivity contribution is 0.0697. The Morgan fingerprint density at radius 3 is 1.88 bits per heavy atom. The lowest BCUT2D eigenvalue weighted by Gasteiger charge is -2.01. The summed E-state index contributed by atoms with van der Waals surface area (Å²) >= 11 is 0. The molecule has 0 saturated heterocycles. The van der Waals surface area contributed by atoms with Crippen molar-refractivity contribution in [2.75, 3.05) is 0 Å². The van der Waals surface area contributed by atoms with E-state index in [1.165, 1.54) is 4.90 Å². The van der Waals surface area contributed by atoms with Crippen molar-refractivity contribution < 1.29 is 9.90 Å². The van der Waals surface area contributed by atoms with Gasteiger partial charge in [-0.2, -0.15) is 0 Å². The van der Waals surface area contributed by atoms with Crippen LogP contribution in [0.15, 0.2) is 64.4 Å². The minimum Gasteiger partial charge on any atom is -0.478 e. The Morgan fingerprint density at radius 2 is 1.35 bits per heavy atom. The molecule has 2 aromatic rings. The van der Waals surface area contributed by atoms with Crippen LogP contribution in [0.1, 0.15) is 10.4 Å². The lowest BCUT2D eigenvalue weighted by Crippen LogP contribution is -1.94. The second-order valence-corrected chi connectivity index (χ2v) is 5.59. The third kappa shape index (κ3) is 3.54. The molecule has 86 valence electrons. The number of benzene rings is 2. The first-order valence-electron chi connectivity index (χ1n) is 4.98. The molecule has 0 unspecified atom stereocenters. The summed E-state index contributed by atoms with van der Waals surface area (Å²) in [5.41, 5.74) is 0.319. The number of hydrogen-bond acceptors (Lipinski definition) is 3. The molecule has 2 nitrogen and oxygen atoms in total. The van der Waals surface area contributed by atoms with Gasteiger partial charge in [0.05, 0.1) is 5.56 Å². The minimum absolute atomic E-state index is 0.319. The molecule has 0 aromatic heterocycles. The maximum atomic E-state index is 10.7. The molecule has 0 bridgehead atoms. The Balaban J connectivity index is 1.98. The molecule has 4 heteroatoms. The fourth-order valence-corrected chi connectivity index (χ4v) is 3.18. The number of rotatable bonds is 4. The van der Waals surface area contributed by atoms with Crippen LogP contribution in [0.5, 0.6) is 0 Å². The standard InChI is InChI=1S/C13H10O2S2/c14-13(15)10-6-8-12(9-7-10)17-16-11-4-2-1-3-5-11/h1-9H,(H,14,15). The Morgan fingerprint density at radius 1 is 0.824 bits per heavy atom. The monoisotopic (exact) mass is 262 g/mol. The highest BCUT2D eigenvalue weighted by Gasteiger charge is 2.02. The third-order valence-corrected chi connectivity index (χ3v) is 4.50. The molecule has 0 aliphatic rings. The summed E-state index contributed by atoms with van der Waals surface area (Å²) in [4.78, 5) is 12.9. The van der Waals surface area contributed by atoms with Crippen LogP contribution in [0, 0.1) is 0 Å². The van der Waals surface area contributed by atoms with Gasteiger partial charge < -0.3 is 5.11 Å². The number of carbonyl (C=O) groups is 1. The zero-order valence-electron chi connectivity index (χ0n) is 8.87. The lowest BCUT2D eigenvalue weighted by atomic mass is 10.2. The smallest absolute Gasteiger partial charge is 0.335 e. The van der Waals surface area contributed by atoms with Crippen molar-refractivity contribution in [3.8, 4) is 0 Å². The van der Waals surface area contributed by atoms with Gasteiger partial charge in [0.1, 0.15) is 0 Å². The first kappa shape index (κ1) is 12.1. The van der Waals surface area contributed by atoms with Gasteiger partial charge in [-0.05, 0) is 36.4 Å². The van der Waals surface area contributed by atoms with Crippen molar-refractivity contribution in [3.05, 3.63) is 60.2 Å². The molecule has 0 aliphatic carbocycles. The fraction of sp³-hybridized carbons (Fsp3) is 0. The predicted molar refractivity (Wildman–Crippen MR) is 71.6 cm³/mol. The number of aromatic carboxylic acids is 1. The SMILES string of the molecule is O=C(O)c1ccc(SSc2ccccc2)cc1. The quantitative estimate of drug-likeness (QED) is 0.838. The van der Waals surface area contributed by atoms with E-state index in [4.69, 9.17) is 5.11 Å². The molecule has 0 aliphatic heterocycles. The van der Waals surface area contributed by atoms with Gasteiger partial charge in [0.15, 0.2) is 0 Å². The summed E-state index contributed by atoms with van der Waals surface area (Å²) in [6.45, 7) is 0. The summed E-state index contributed by atoms with van der Waals surface area (Å²) < 4.78 is 0. The van der Waals surface area contributed by atoms with Crippen molar-refractivity contribution in [2.45, 2.75) is 9.79 Å². The number of carboxylic acid groups (broad SMARTS) is 1. The van der Waals surface area contributed by atoms with E-state index in [0.29, 0.717) is 5.56 Å². The van der Waals surface area contributed by atoms with E-state index in [-0.39, 0.29) is 0 Å². The molecule has 1 N–H and O–H groups in total. The highest BCUT2D eigenvalue weighted by molar-refractivity contribution is 8.76. The van der Waals surface area contributed by atoms with E-state index in [1.807, 2.05) is 42.5 Å². The average molecular weight is 262 g/mol. The zero-order chi connectivity index (χ0) is 12.1. The molecule has 0 atom stereocenters. The van der Waals surface area contributed by atoms with Crippen LogP contribution in [-0.2, 0) is 0 Å². The van der Waals surface area contributed by atoms with Crippen LogP contribution in [0.2, 0.25) is 0 Å². The van der Waals surface area contributed by atoms with Crippen LogP contribution in [-0.4, -0.2) is 11.1 Å². The van der Waals surface area contributed by atoms with Gasteiger partial charge in [-0.1, -0.05) is 39.8 Å². The first-order chi connectivity index (χ1) is 8.25. The molecular formula is C13H10O2S2. The summed E-state index contributed by atoms with van der Waals surface area (Å²) in [6.07, 6.45) is 0. The summed E-state index contributed by atoms with van der Waals surface area (Å²) in [5.74, 6) is -0.891. The highest BCUT2D eigenvalue weighted by atomic mass is 33.1. The van der Waals surface area contributed by atoms with Crippen LogP contribution < -0.4 is 0 Å². The normalized spacial score (nSPS) is 10.1. The maximum Gasteiger partial charge on any atom is 0.335 e. The molecule has 2 rings (SSSR count). The van der Waals surface area contributed by atoms with Crippen molar-refractivity contribution in [2.24, 2.45) is 0 Å². The van der Waals surface area contributed by atoms with Gasteiger partial charge in [0.2, 0.25) is 0 Å². The first-order valence-corrected chi connectivity index (χ1v) is 7.13. The minimum atomic E-state index is -0.891. The second-order valence-electron chi connectivity index (χ2n) is 3.31. The van der Waals surface area contributed by atoms with Gasteiger partial charge >= 0.3 is 5.97 Å². The topological polar surface area (TPSA) is 37.3 Å². The maximum absolute atomic E-state index is 10.7. The average Bonchev–Trinajstić information content (AvgIpc) is 2.38. The van der Waals surface area contributed by atoms with E-state index in [9.17, 15) is 4.79 Å². The molecule has 0 spiro atoms. The van der Waals surface area contributed by atoms with Crippen LogP contribution in [0.25, 0.3) is 0 Å². The van der Waals surface area contributed by atoms with E-state index >= 15 is 0 Å².